The highest BCUT2D eigenvalue weighted by Crippen LogP contribution is 2.49. The first-order chi connectivity index (χ1) is 16.3. The van der Waals surface area contributed by atoms with E-state index in [1.807, 2.05) is 0 Å². The Kier molecular flexibility index (Phi) is 6.21. The zero-order valence-corrected chi connectivity index (χ0v) is 21.4. The van der Waals surface area contributed by atoms with Crippen LogP contribution in [0.4, 0.5) is 0 Å². The molecule has 0 saturated heterocycles. The number of hydrogen-bond donors (Lipinski definition) is 2. The Balaban J connectivity index is 1.52. The SMILES string of the molecule is Cn1nc(C(=O)NCc2ccc(Cl)cc2)c2c1C(=O)N(CC1(S(=O)(=O)C(C)(C)C(N)=O)CC1)CC2. The standard InChI is InChI=1S/C23H28ClN5O5S/c1-22(2,21(25)32)35(33,34)23(9-10-23)13-29-11-8-16-17(27-28(3)18(16)20(29)31)19(30)26-12-14-4-6-15(24)7-5-14/h4-7H,8-13H2,1-3H3,(H2,25,32)(H,26,30). The van der Waals surface area contributed by atoms with Crippen LogP contribution >= 0.6 is 11.6 Å². The number of aryl methyl sites for hydroxylation is 1. The lowest BCUT2D eigenvalue weighted by Gasteiger charge is -2.34. The van der Waals surface area contributed by atoms with Crippen molar-refractivity contribution in [1.29, 1.82) is 0 Å². The Bertz CT molecular complexity index is 1310. The van der Waals surface area contributed by atoms with Crippen LogP contribution < -0.4 is 11.1 Å². The van der Waals surface area contributed by atoms with E-state index in [1.54, 1.807) is 31.3 Å². The number of benzene rings is 1. The van der Waals surface area contributed by atoms with Crippen LogP contribution in [0.25, 0.3) is 0 Å². The van der Waals surface area contributed by atoms with Crippen molar-refractivity contribution in [1.82, 2.24) is 20.0 Å². The van der Waals surface area contributed by atoms with Gasteiger partial charge in [0.25, 0.3) is 11.8 Å². The topological polar surface area (TPSA) is 144 Å². The maximum atomic E-state index is 13.3. The van der Waals surface area contributed by atoms with E-state index in [9.17, 15) is 22.8 Å². The Labute approximate surface area is 208 Å². The highest BCUT2D eigenvalue weighted by atomic mass is 35.5. The number of aromatic nitrogens is 2. The Morgan fingerprint density at radius 2 is 1.86 bits per heavy atom. The van der Waals surface area contributed by atoms with Crippen molar-refractivity contribution < 1.29 is 22.8 Å². The average molecular weight is 522 g/mol. The number of nitrogens with zero attached hydrogens (tertiary/aromatic N) is 3. The van der Waals surface area contributed by atoms with Crippen LogP contribution in [-0.2, 0) is 34.6 Å². The largest absolute Gasteiger partial charge is 0.368 e. The number of hydrogen-bond acceptors (Lipinski definition) is 6. The zero-order chi connectivity index (χ0) is 25.8. The molecule has 3 N–H and O–H groups in total. The molecule has 3 amide bonds. The molecule has 1 fully saturated rings. The fourth-order valence-electron chi connectivity index (χ4n) is 4.44. The molecule has 0 atom stereocenters. The van der Waals surface area contributed by atoms with Gasteiger partial charge in [0.15, 0.2) is 15.5 Å². The molecule has 1 aliphatic carbocycles. The summed E-state index contributed by atoms with van der Waals surface area (Å²) < 4.78 is 24.9. The summed E-state index contributed by atoms with van der Waals surface area (Å²) in [5.74, 6) is -1.71. The summed E-state index contributed by atoms with van der Waals surface area (Å²) in [4.78, 5) is 39.5. The molecule has 4 rings (SSSR count). The van der Waals surface area contributed by atoms with Crippen molar-refractivity contribution in [2.75, 3.05) is 13.1 Å². The minimum Gasteiger partial charge on any atom is -0.368 e. The number of carbonyl (C=O) groups is 3. The van der Waals surface area contributed by atoms with Gasteiger partial charge in [-0.3, -0.25) is 19.1 Å². The monoisotopic (exact) mass is 521 g/mol. The van der Waals surface area contributed by atoms with Gasteiger partial charge in [-0.25, -0.2) is 8.42 Å². The number of nitrogens with one attached hydrogen (secondary N) is 1. The van der Waals surface area contributed by atoms with E-state index in [2.05, 4.69) is 10.4 Å². The zero-order valence-electron chi connectivity index (χ0n) is 19.8. The molecule has 1 aliphatic heterocycles. The van der Waals surface area contributed by atoms with Crippen LogP contribution in [-0.4, -0.2) is 63.4 Å². The lowest BCUT2D eigenvalue weighted by atomic mass is 10.0. The third-order valence-corrected chi connectivity index (χ3v) is 10.4. The van der Waals surface area contributed by atoms with Gasteiger partial charge in [-0.05, 0) is 50.8 Å². The third-order valence-electron chi connectivity index (χ3n) is 6.97. The molecular formula is C23H28ClN5O5S. The predicted octanol–water partition coefficient (Wildman–Crippen LogP) is 1.21. The molecule has 1 aromatic heterocycles. The molecule has 2 aliphatic rings. The van der Waals surface area contributed by atoms with Crippen LogP contribution in [0.5, 0.6) is 0 Å². The van der Waals surface area contributed by atoms with Crippen molar-refractivity contribution in [2.24, 2.45) is 12.8 Å². The minimum atomic E-state index is -3.94. The molecule has 0 spiro atoms. The van der Waals surface area contributed by atoms with E-state index in [1.165, 1.54) is 23.4 Å². The van der Waals surface area contributed by atoms with Gasteiger partial charge >= 0.3 is 0 Å². The summed E-state index contributed by atoms with van der Waals surface area (Å²) >= 11 is 5.89. The molecule has 10 nitrogen and oxygen atoms in total. The van der Waals surface area contributed by atoms with Crippen molar-refractivity contribution >= 4 is 39.2 Å². The maximum Gasteiger partial charge on any atom is 0.272 e. The first-order valence-electron chi connectivity index (χ1n) is 11.2. The Hall–Kier alpha value is -2.92. The second-order valence-electron chi connectivity index (χ2n) is 9.65. The lowest BCUT2D eigenvalue weighted by Crippen LogP contribution is -2.54. The molecule has 1 aromatic carbocycles. The van der Waals surface area contributed by atoms with E-state index in [0.717, 1.165) is 5.56 Å². The number of halogens is 1. The fourth-order valence-corrected chi connectivity index (χ4v) is 6.88. The molecule has 0 radical (unpaired) electrons. The summed E-state index contributed by atoms with van der Waals surface area (Å²) in [5.41, 5.74) is 7.20. The smallest absolute Gasteiger partial charge is 0.272 e. The quantitative estimate of drug-likeness (QED) is 0.534. The second-order valence-corrected chi connectivity index (χ2v) is 13.0. The molecule has 1 saturated carbocycles. The van der Waals surface area contributed by atoms with E-state index in [4.69, 9.17) is 17.3 Å². The molecule has 35 heavy (non-hydrogen) atoms. The van der Waals surface area contributed by atoms with Gasteiger partial charge in [-0.1, -0.05) is 23.7 Å². The van der Waals surface area contributed by atoms with Gasteiger partial charge in [0.1, 0.15) is 10.4 Å². The first kappa shape index (κ1) is 25.2. The fraction of sp³-hybridized carbons (Fsp3) is 0.478. The molecule has 188 valence electrons. The van der Waals surface area contributed by atoms with Crippen LogP contribution in [0.15, 0.2) is 24.3 Å². The van der Waals surface area contributed by atoms with E-state index in [-0.39, 0.29) is 31.0 Å². The summed E-state index contributed by atoms with van der Waals surface area (Å²) in [5, 5.41) is 7.70. The highest BCUT2D eigenvalue weighted by molar-refractivity contribution is 7.95. The Morgan fingerprint density at radius 3 is 2.43 bits per heavy atom. The molecule has 2 heterocycles. The van der Waals surface area contributed by atoms with Crippen LogP contribution in [0.2, 0.25) is 5.02 Å². The third kappa shape index (κ3) is 4.20. The van der Waals surface area contributed by atoms with Crippen molar-refractivity contribution in [3.8, 4) is 0 Å². The van der Waals surface area contributed by atoms with Crippen LogP contribution in [0.3, 0.4) is 0 Å². The summed E-state index contributed by atoms with van der Waals surface area (Å²) in [7, 11) is -2.37. The maximum absolute atomic E-state index is 13.3. The van der Waals surface area contributed by atoms with Crippen LogP contribution in [0, 0.1) is 0 Å². The molecule has 0 unspecified atom stereocenters. The van der Waals surface area contributed by atoms with Gasteiger partial charge in [0.2, 0.25) is 5.91 Å². The minimum absolute atomic E-state index is 0.0341. The molecule has 2 aromatic rings. The number of fused-ring (bicyclic) bond motifs is 1. The van der Waals surface area contributed by atoms with Gasteiger partial charge in [-0.2, -0.15) is 5.10 Å². The van der Waals surface area contributed by atoms with E-state index >= 15 is 0 Å². The molecule has 0 bridgehead atoms. The summed E-state index contributed by atoms with van der Waals surface area (Å²) in [6.45, 7) is 3.09. The van der Waals surface area contributed by atoms with Crippen LogP contribution in [0.1, 0.15) is 58.8 Å². The number of amides is 3. The normalized spacial score (nSPS) is 17.1. The summed E-state index contributed by atoms with van der Waals surface area (Å²) in [6.07, 6.45) is 1.06. The number of nitrogens with two attached hydrogens (primary N) is 1. The van der Waals surface area contributed by atoms with E-state index in [0.29, 0.717) is 29.8 Å². The Morgan fingerprint density at radius 1 is 1.23 bits per heavy atom. The van der Waals surface area contributed by atoms with Gasteiger partial charge in [0.05, 0.1) is 4.75 Å². The first-order valence-corrected chi connectivity index (χ1v) is 13.1. The number of rotatable bonds is 8. The highest BCUT2D eigenvalue weighted by Gasteiger charge is 2.62. The van der Waals surface area contributed by atoms with Crippen molar-refractivity contribution in [3.05, 3.63) is 51.8 Å². The summed E-state index contributed by atoms with van der Waals surface area (Å²) in [6, 6.07) is 7.07. The van der Waals surface area contributed by atoms with Gasteiger partial charge in [0, 0.05) is 37.3 Å². The average Bonchev–Trinajstić information content (AvgIpc) is 3.51. The van der Waals surface area contributed by atoms with Crippen molar-refractivity contribution in [2.45, 2.75) is 49.1 Å². The molecule has 12 heteroatoms. The number of carbonyl (C=O) groups excluding carboxylic acids is 3. The van der Waals surface area contributed by atoms with Gasteiger partial charge < -0.3 is 16.0 Å². The second kappa shape index (κ2) is 8.63. The van der Waals surface area contributed by atoms with Gasteiger partial charge in [-0.15, -0.1) is 0 Å². The lowest BCUT2D eigenvalue weighted by molar-refractivity contribution is -0.119. The number of primary amides is 1. The van der Waals surface area contributed by atoms with E-state index < -0.39 is 37.1 Å². The predicted molar refractivity (Wildman–Crippen MR) is 130 cm³/mol. The molecular weight excluding hydrogens is 494 g/mol. The number of sulfone groups is 1. The van der Waals surface area contributed by atoms with Crippen molar-refractivity contribution in [3.63, 3.8) is 0 Å².